The Labute approximate surface area is 92.7 Å². The minimum absolute atomic E-state index is 0.304. The predicted octanol–water partition coefficient (Wildman–Crippen LogP) is -0.172. The number of aliphatic hydroxyl groups is 2. The van der Waals surface area contributed by atoms with Gasteiger partial charge in [-0.1, -0.05) is 12.1 Å². The number of carbonyl (C=O) groups excluding carboxylic acids is 1. The standard InChI is InChI=1S/C11H12N2O3/c12-6-7-1-3-8(4-2-7)11(16)9(14)5-10(13)15/h1-4,9,11,14,16H,5H2,(H2,13,15). The highest BCUT2D eigenvalue weighted by Gasteiger charge is 2.19. The predicted molar refractivity (Wildman–Crippen MR) is 55.9 cm³/mol. The topological polar surface area (TPSA) is 107 Å². The fourth-order valence-electron chi connectivity index (χ4n) is 1.29. The summed E-state index contributed by atoms with van der Waals surface area (Å²) in [5, 5.41) is 27.7. The summed E-state index contributed by atoms with van der Waals surface area (Å²) in [5.74, 6) is -0.680. The van der Waals surface area contributed by atoms with Crippen molar-refractivity contribution in [1.82, 2.24) is 0 Å². The monoisotopic (exact) mass is 220 g/mol. The van der Waals surface area contributed by atoms with Gasteiger partial charge in [-0.05, 0) is 17.7 Å². The summed E-state index contributed by atoms with van der Waals surface area (Å²) in [5.41, 5.74) is 5.80. The van der Waals surface area contributed by atoms with Crippen molar-refractivity contribution in [3.8, 4) is 6.07 Å². The van der Waals surface area contributed by atoms with Gasteiger partial charge in [-0.15, -0.1) is 0 Å². The van der Waals surface area contributed by atoms with E-state index in [0.29, 0.717) is 11.1 Å². The lowest BCUT2D eigenvalue weighted by Crippen LogP contribution is -2.25. The second kappa shape index (κ2) is 5.26. The van der Waals surface area contributed by atoms with Crippen LogP contribution in [-0.2, 0) is 4.79 Å². The van der Waals surface area contributed by atoms with E-state index in [0.717, 1.165) is 0 Å². The van der Waals surface area contributed by atoms with Gasteiger partial charge < -0.3 is 15.9 Å². The van der Waals surface area contributed by atoms with E-state index in [-0.39, 0.29) is 6.42 Å². The number of carbonyl (C=O) groups is 1. The maximum absolute atomic E-state index is 10.6. The summed E-state index contributed by atoms with van der Waals surface area (Å²) in [4.78, 5) is 10.6. The summed E-state index contributed by atoms with van der Waals surface area (Å²) in [6, 6.07) is 8.03. The third kappa shape index (κ3) is 3.05. The molecule has 1 aromatic rings. The van der Waals surface area contributed by atoms with Crippen LogP contribution in [0.25, 0.3) is 0 Å². The zero-order valence-electron chi connectivity index (χ0n) is 8.50. The van der Waals surface area contributed by atoms with Crippen molar-refractivity contribution < 1.29 is 15.0 Å². The first-order chi connectivity index (χ1) is 7.54. The van der Waals surface area contributed by atoms with Crippen LogP contribution >= 0.6 is 0 Å². The molecule has 16 heavy (non-hydrogen) atoms. The molecule has 4 N–H and O–H groups in total. The lowest BCUT2D eigenvalue weighted by atomic mass is 10.0. The minimum Gasteiger partial charge on any atom is -0.390 e. The minimum atomic E-state index is -1.23. The molecular formula is C11H12N2O3. The summed E-state index contributed by atoms with van der Waals surface area (Å²) < 4.78 is 0. The van der Waals surface area contributed by atoms with E-state index in [1.807, 2.05) is 6.07 Å². The van der Waals surface area contributed by atoms with Gasteiger partial charge in [-0.2, -0.15) is 5.26 Å². The molecule has 2 unspecified atom stereocenters. The molecule has 0 radical (unpaired) electrons. The van der Waals surface area contributed by atoms with E-state index in [1.54, 1.807) is 0 Å². The van der Waals surface area contributed by atoms with Gasteiger partial charge in [0, 0.05) is 0 Å². The summed E-state index contributed by atoms with van der Waals surface area (Å²) in [6.45, 7) is 0. The van der Waals surface area contributed by atoms with Crippen LogP contribution in [0.3, 0.4) is 0 Å². The van der Waals surface area contributed by atoms with E-state index in [4.69, 9.17) is 11.0 Å². The fraction of sp³-hybridized carbons (Fsp3) is 0.273. The SMILES string of the molecule is N#Cc1ccc(C(O)C(O)CC(N)=O)cc1. The second-order valence-corrected chi connectivity index (χ2v) is 3.42. The first kappa shape index (κ1) is 12.2. The molecule has 0 aliphatic rings. The van der Waals surface area contributed by atoms with Gasteiger partial charge in [0.05, 0.1) is 24.2 Å². The molecule has 0 aliphatic heterocycles. The number of benzene rings is 1. The number of hydrogen-bond acceptors (Lipinski definition) is 4. The number of primary amides is 1. The number of nitriles is 1. The molecule has 1 rings (SSSR count). The molecule has 0 saturated carbocycles. The van der Waals surface area contributed by atoms with Gasteiger partial charge >= 0.3 is 0 Å². The molecular weight excluding hydrogens is 208 g/mol. The van der Waals surface area contributed by atoms with Crippen LogP contribution in [-0.4, -0.2) is 22.2 Å². The molecule has 0 spiro atoms. The lowest BCUT2D eigenvalue weighted by Gasteiger charge is -2.16. The summed E-state index contributed by atoms with van der Waals surface area (Å²) in [7, 11) is 0. The molecule has 0 aliphatic carbocycles. The van der Waals surface area contributed by atoms with Gasteiger partial charge in [-0.3, -0.25) is 4.79 Å². The molecule has 5 heteroatoms. The highest BCUT2D eigenvalue weighted by atomic mass is 16.3. The highest BCUT2D eigenvalue weighted by Crippen LogP contribution is 2.19. The fourth-order valence-corrected chi connectivity index (χ4v) is 1.29. The number of rotatable bonds is 4. The van der Waals surface area contributed by atoms with Crippen molar-refractivity contribution >= 4 is 5.91 Å². The van der Waals surface area contributed by atoms with Crippen molar-refractivity contribution in [3.63, 3.8) is 0 Å². The quantitative estimate of drug-likeness (QED) is 0.654. The van der Waals surface area contributed by atoms with Crippen LogP contribution in [0, 0.1) is 11.3 Å². The van der Waals surface area contributed by atoms with Gasteiger partial charge in [0.1, 0.15) is 6.10 Å². The van der Waals surface area contributed by atoms with E-state index in [2.05, 4.69) is 0 Å². The largest absolute Gasteiger partial charge is 0.390 e. The van der Waals surface area contributed by atoms with Crippen LogP contribution in [0.15, 0.2) is 24.3 Å². The van der Waals surface area contributed by atoms with Crippen LogP contribution in [0.1, 0.15) is 23.7 Å². The Hall–Kier alpha value is -1.90. The molecule has 1 aromatic carbocycles. The van der Waals surface area contributed by atoms with Gasteiger partial charge in [0.25, 0.3) is 0 Å². The molecule has 0 saturated heterocycles. The first-order valence-electron chi connectivity index (χ1n) is 4.69. The van der Waals surface area contributed by atoms with Crippen molar-refractivity contribution in [2.45, 2.75) is 18.6 Å². The number of nitrogens with two attached hydrogens (primary N) is 1. The number of nitrogens with zero attached hydrogens (tertiary/aromatic N) is 1. The Morgan fingerprint density at radius 3 is 2.38 bits per heavy atom. The molecule has 0 aromatic heterocycles. The molecule has 0 bridgehead atoms. The molecule has 0 heterocycles. The Balaban J connectivity index is 2.76. The third-order valence-corrected chi connectivity index (χ3v) is 2.16. The van der Waals surface area contributed by atoms with Crippen LogP contribution in [0.2, 0.25) is 0 Å². The maximum atomic E-state index is 10.6. The highest BCUT2D eigenvalue weighted by molar-refractivity contribution is 5.74. The summed E-state index contributed by atoms with van der Waals surface area (Å²) in [6.07, 6.45) is -2.72. The van der Waals surface area contributed by atoms with Crippen LogP contribution in [0.5, 0.6) is 0 Å². The molecule has 2 atom stereocenters. The Kier molecular flexibility index (Phi) is 4.00. The number of amides is 1. The molecule has 84 valence electrons. The van der Waals surface area contributed by atoms with E-state index < -0.39 is 18.1 Å². The second-order valence-electron chi connectivity index (χ2n) is 3.42. The van der Waals surface area contributed by atoms with Crippen molar-refractivity contribution in [1.29, 1.82) is 5.26 Å². The van der Waals surface area contributed by atoms with Gasteiger partial charge in [0.2, 0.25) is 5.91 Å². The van der Waals surface area contributed by atoms with Crippen molar-refractivity contribution in [2.75, 3.05) is 0 Å². The number of hydrogen-bond donors (Lipinski definition) is 3. The third-order valence-electron chi connectivity index (χ3n) is 2.16. The van der Waals surface area contributed by atoms with Crippen molar-refractivity contribution in [2.24, 2.45) is 5.73 Å². The first-order valence-corrected chi connectivity index (χ1v) is 4.69. The molecule has 1 amide bonds. The zero-order chi connectivity index (χ0) is 12.1. The van der Waals surface area contributed by atoms with E-state index >= 15 is 0 Å². The van der Waals surface area contributed by atoms with Gasteiger partial charge in [-0.25, -0.2) is 0 Å². The normalized spacial score (nSPS) is 13.8. The smallest absolute Gasteiger partial charge is 0.220 e. The Morgan fingerprint density at radius 2 is 1.94 bits per heavy atom. The zero-order valence-corrected chi connectivity index (χ0v) is 8.50. The van der Waals surface area contributed by atoms with Crippen LogP contribution in [0.4, 0.5) is 0 Å². The van der Waals surface area contributed by atoms with E-state index in [9.17, 15) is 15.0 Å². The summed E-state index contributed by atoms with van der Waals surface area (Å²) >= 11 is 0. The Bertz CT molecular complexity index is 408. The Morgan fingerprint density at radius 1 is 1.38 bits per heavy atom. The van der Waals surface area contributed by atoms with Crippen LogP contribution < -0.4 is 5.73 Å². The average molecular weight is 220 g/mol. The number of aliphatic hydroxyl groups excluding tert-OH is 2. The lowest BCUT2D eigenvalue weighted by molar-refractivity contribution is -0.121. The molecule has 5 nitrogen and oxygen atoms in total. The molecule has 0 fully saturated rings. The van der Waals surface area contributed by atoms with Crippen molar-refractivity contribution in [3.05, 3.63) is 35.4 Å². The maximum Gasteiger partial charge on any atom is 0.220 e. The average Bonchev–Trinajstić information content (AvgIpc) is 2.27. The van der Waals surface area contributed by atoms with Gasteiger partial charge in [0.15, 0.2) is 0 Å². The van der Waals surface area contributed by atoms with E-state index in [1.165, 1.54) is 24.3 Å².